The Morgan fingerprint density at radius 2 is 1.78 bits per heavy atom. The largest absolute Gasteiger partial charge is 0.337 e. The van der Waals surface area contributed by atoms with Crippen LogP contribution in [0.15, 0.2) is 66.0 Å². The van der Waals surface area contributed by atoms with Gasteiger partial charge in [-0.05, 0) is 38.1 Å². The highest BCUT2D eigenvalue weighted by Crippen LogP contribution is 2.26. The number of imidazole rings is 1. The number of hydrogen-bond donors (Lipinski definition) is 2. The second kappa shape index (κ2) is 8.09. The van der Waals surface area contributed by atoms with Crippen LogP contribution in [0.1, 0.15) is 24.2 Å². The monoisotopic (exact) mass is 380 g/mol. The van der Waals surface area contributed by atoms with Crippen molar-refractivity contribution in [3.8, 4) is 11.3 Å². The number of aromatic nitrogens is 2. The number of hydrogen-bond acceptors (Lipinski definition) is 5. The van der Waals surface area contributed by atoms with Gasteiger partial charge in [0.1, 0.15) is 0 Å². The topological polar surface area (TPSA) is 90.0 Å². The molecule has 1 amide bonds. The quantitative estimate of drug-likeness (QED) is 0.387. The first kappa shape index (κ1) is 18.7. The summed E-state index contributed by atoms with van der Waals surface area (Å²) in [5, 5.41) is 3.00. The number of amides is 1. The number of Topliss-reactive ketones (excluding diaryl/α,β-unsaturated/α-hetero) is 1. The molecular formula is C20H20N4O2S. The van der Waals surface area contributed by atoms with Crippen LogP contribution in [-0.4, -0.2) is 26.6 Å². The van der Waals surface area contributed by atoms with Crippen LogP contribution in [0.3, 0.4) is 0 Å². The number of rotatable bonds is 6. The normalized spacial score (nSPS) is 11.8. The number of nitrogens with zero attached hydrogens (tertiary/aromatic N) is 2. The number of nitrogens with one attached hydrogen (secondary N) is 1. The van der Waals surface area contributed by atoms with E-state index >= 15 is 0 Å². The van der Waals surface area contributed by atoms with E-state index in [2.05, 4.69) is 10.3 Å². The van der Waals surface area contributed by atoms with E-state index in [-0.39, 0.29) is 11.7 Å². The predicted molar refractivity (Wildman–Crippen MR) is 108 cm³/mol. The molecule has 0 saturated heterocycles. The van der Waals surface area contributed by atoms with Crippen molar-refractivity contribution < 1.29 is 9.59 Å². The van der Waals surface area contributed by atoms with Gasteiger partial charge in [-0.3, -0.25) is 9.59 Å². The van der Waals surface area contributed by atoms with E-state index in [0.717, 1.165) is 11.3 Å². The van der Waals surface area contributed by atoms with E-state index in [1.54, 1.807) is 37.4 Å². The molecule has 7 heteroatoms. The maximum atomic E-state index is 12.4. The van der Waals surface area contributed by atoms with Crippen LogP contribution in [0.5, 0.6) is 0 Å². The van der Waals surface area contributed by atoms with E-state index in [1.165, 1.54) is 23.4 Å². The molecule has 1 heterocycles. The molecule has 3 aromatic rings. The van der Waals surface area contributed by atoms with E-state index in [0.29, 0.717) is 16.4 Å². The molecule has 0 aliphatic carbocycles. The van der Waals surface area contributed by atoms with Crippen molar-refractivity contribution in [3.05, 3.63) is 66.4 Å². The van der Waals surface area contributed by atoms with Crippen LogP contribution in [0, 0.1) is 0 Å². The van der Waals surface area contributed by atoms with Gasteiger partial charge < -0.3 is 11.2 Å². The number of carbonyl (C=O) groups is 2. The molecule has 3 N–H and O–H groups in total. The first-order valence-corrected chi connectivity index (χ1v) is 9.30. The lowest BCUT2D eigenvalue weighted by molar-refractivity contribution is -0.115. The zero-order chi connectivity index (χ0) is 19.4. The minimum atomic E-state index is -0.397. The number of thioether (sulfide) groups is 1. The summed E-state index contributed by atoms with van der Waals surface area (Å²) in [6, 6.07) is 16.5. The average Bonchev–Trinajstić information content (AvgIpc) is 3.03. The molecule has 0 aliphatic rings. The smallest absolute Gasteiger partial charge is 0.237 e. The third-order valence-electron chi connectivity index (χ3n) is 3.98. The minimum Gasteiger partial charge on any atom is -0.337 e. The number of nitrogens with two attached hydrogens (primary N) is 1. The third-order valence-corrected chi connectivity index (χ3v) is 5.06. The molecule has 0 fully saturated rings. The van der Waals surface area contributed by atoms with Crippen LogP contribution in [0.4, 0.5) is 5.69 Å². The van der Waals surface area contributed by atoms with Gasteiger partial charge in [0.15, 0.2) is 10.9 Å². The van der Waals surface area contributed by atoms with Gasteiger partial charge in [-0.15, -0.1) is 0 Å². The van der Waals surface area contributed by atoms with Crippen LogP contribution in [0.2, 0.25) is 0 Å². The van der Waals surface area contributed by atoms with Gasteiger partial charge >= 0.3 is 0 Å². The third kappa shape index (κ3) is 4.57. The van der Waals surface area contributed by atoms with Gasteiger partial charge in [-0.2, -0.15) is 0 Å². The van der Waals surface area contributed by atoms with Crippen molar-refractivity contribution in [2.75, 3.05) is 11.2 Å². The Morgan fingerprint density at radius 3 is 2.41 bits per heavy atom. The van der Waals surface area contributed by atoms with Crippen molar-refractivity contribution >= 4 is 29.1 Å². The van der Waals surface area contributed by atoms with E-state index < -0.39 is 5.25 Å². The summed E-state index contributed by atoms with van der Waals surface area (Å²) >= 11 is 1.28. The van der Waals surface area contributed by atoms with Crippen molar-refractivity contribution in [1.82, 2.24) is 9.66 Å². The summed E-state index contributed by atoms with van der Waals surface area (Å²) in [7, 11) is 0. The maximum Gasteiger partial charge on any atom is 0.237 e. The zero-order valence-corrected chi connectivity index (χ0v) is 15.9. The van der Waals surface area contributed by atoms with E-state index in [4.69, 9.17) is 5.84 Å². The molecule has 27 heavy (non-hydrogen) atoms. The Kier molecular flexibility index (Phi) is 5.61. The fraction of sp³-hybridized carbons (Fsp3) is 0.150. The first-order valence-electron chi connectivity index (χ1n) is 8.42. The van der Waals surface area contributed by atoms with E-state index in [9.17, 15) is 9.59 Å². The molecule has 0 bridgehead atoms. The number of nitrogen functional groups attached to an aromatic ring is 1. The molecule has 2 aromatic carbocycles. The number of ketones is 1. The van der Waals surface area contributed by atoms with E-state index in [1.807, 2.05) is 30.3 Å². The second-order valence-corrected chi connectivity index (χ2v) is 7.37. The highest BCUT2D eigenvalue weighted by atomic mass is 32.2. The standard InChI is InChI=1S/C20H20N4O2S/c1-13(25)15-8-10-17(11-9-15)22-19(26)14(2)27-20-23-18(12-24(20)21)16-6-4-3-5-7-16/h3-12,14H,21H2,1-2H3,(H,22,26). The van der Waals surface area contributed by atoms with Crippen molar-refractivity contribution in [3.63, 3.8) is 0 Å². The van der Waals surface area contributed by atoms with Crippen molar-refractivity contribution in [2.24, 2.45) is 0 Å². The van der Waals surface area contributed by atoms with Gasteiger partial charge in [0, 0.05) is 16.8 Å². The van der Waals surface area contributed by atoms with Crippen molar-refractivity contribution in [2.45, 2.75) is 24.3 Å². The summed E-state index contributed by atoms with van der Waals surface area (Å²) in [5.41, 5.74) is 2.96. The molecular weight excluding hydrogens is 360 g/mol. The summed E-state index contributed by atoms with van der Waals surface area (Å²) in [5.74, 6) is 5.81. The fourth-order valence-corrected chi connectivity index (χ4v) is 3.26. The molecule has 0 aliphatic heterocycles. The molecule has 3 rings (SSSR count). The van der Waals surface area contributed by atoms with Crippen molar-refractivity contribution in [1.29, 1.82) is 0 Å². The van der Waals surface area contributed by atoms with Crippen LogP contribution in [0.25, 0.3) is 11.3 Å². The minimum absolute atomic E-state index is 0.0131. The maximum absolute atomic E-state index is 12.4. The highest BCUT2D eigenvalue weighted by molar-refractivity contribution is 8.00. The summed E-state index contributed by atoms with van der Waals surface area (Å²) in [4.78, 5) is 28.3. The number of benzene rings is 2. The Balaban J connectivity index is 1.66. The highest BCUT2D eigenvalue weighted by Gasteiger charge is 2.18. The second-order valence-electron chi connectivity index (χ2n) is 6.06. The van der Waals surface area contributed by atoms with Crippen LogP contribution in [-0.2, 0) is 4.79 Å². The zero-order valence-electron chi connectivity index (χ0n) is 15.0. The molecule has 0 spiro atoms. The lowest BCUT2D eigenvalue weighted by Crippen LogP contribution is -2.23. The molecule has 1 unspecified atom stereocenters. The Morgan fingerprint density at radius 1 is 1.11 bits per heavy atom. The molecule has 138 valence electrons. The number of carbonyl (C=O) groups excluding carboxylic acids is 2. The first-order chi connectivity index (χ1) is 12.9. The Bertz CT molecular complexity index is 952. The van der Waals surface area contributed by atoms with Gasteiger partial charge in [-0.1, -0.05) is 42.1 Å². The lowest BCUT2D eigenvalue weighted by atomic mass is 10.1. The molecule has 1 atom stereocenters. The summed E-state index contributed by atoms with van der Waals surface area (Å²) < 4.78 is 1.43. The van der Waals surface area contributed by atoms with Crippen LogP contribution < -0.4 is 11.2 Å². The predicted octanol–water partition coefficient (Wildman–Crippen LogP) is 3.59. The Hall–Kier alpha value is -3.06. The Labute approximate surface area is 161 Å². The average molecular weight is 380 g/mol. The fourth-order valence-electron chi connectivity index (χ4n) is 2.46. The molecule has 1 aromatic heterocycles. The van der Waals surface area contributed by atoms with Gasteiger partial charge in [-0.25, -0.2) is 9.66 Å². The lowest BCUT2D eigenvalue weighted by Gasteiger charge is -2.11. The SMILES string of the molecule is CC(=O)c1ccc(NC(=O)C(C)Sc2nc(-c3ccccc3)cn2N)cc1. The summed E-state index contributed by atoms with van der Waals surface area (Å²) in [6.45, 7) is 3.30. The molecule has 6 nitrogen and oxygen atoms in total. The number of anilines is 1. The van der Waals surface area contributed by atoms with Gasteiger partial charge in [0.2, 0.25) is 5.91 Å². The van der Waals surface area contributed by atoms with Crippen LogP contribution >= 0.6 is 11.8 Å². The van der Waals surface area contributed by atoms with Gasteiger partial charge in [0.25, 0.3) is 0 Å². The van der Waals surface area contributed by atoms with Gasteiger partial charge in [0.05, 0.1) is 17.1 Å². The molecule has 0 radical (unpaired) electrons. The molecule has 0 saturated carbocycles. The summed E-state index contributed by atoms with van der Waals surface area (Å²) in [6.07, 6.45) is 1.74.